The quantitative estimate of drug-likeness (QED) is 0.855. The van der Waals surface area contributed by atoms with Crippen molar-refractivity contribution in [3.05, 3.63) is 41.1 Å². The van der Waals surface area contributed by atoms with Crippen LogP contribution in [0.5, 0.6) is 5.75 Å². The Morgan fingerprint density at radius 2 is 2.12 bits per heavy atom. The SMILES string of the molecule is CCN(CC)Cc1cc([C@H]2CC(=O)Nc3[nH]ncc32)ccc1OC. The van der Waals surface area contributed by atoms with E-state index in [1.807, 2.05) is 12.1 Å². The van der Waals surface area contributed by atoms with E-state index in [2.05, 4.69) is 40.3 Å². The van der Waals surface area contributed by atoms with Crippen LogP contribution in [0, 0.1) is 0 Å². The Morgan fingerprint density at radius 3 is 2.83 bits per heavy atom. The Bertz CT molecular complexity index is 722. The summed E-state index contributed by atoms with van der Waals surface area (Å²) >= 11 is 0. The Kier molecular flexibility index (Phi) is 4.85. The first kappa shape index (κ1) is 16.5. The van der Waals surface area contributed by atoms with E-state index in [0.29, 0.717) is 12.2 Å². The van der Waals surface area contributed by atoms with E-state index >= 15 is 0 Å². The van der Waals surface area contributed by atoms with Crippen molar-refractivity contribution >= 4 is 11.7 Å². The van der Waals surface area contributed by atoms with Gasteiger partial charge in [0.15, 0.2) is 0 Å². The van der Waals surface area contributed by atoms with Crippen molar-refractivity contribution in [3.8, 4) is 5.75 Å². The lowest BCUT2D eigenvalue weighted by atomic mass is 9.86. The molecule has 0 radical (unpaired) electrons. The van der Waals surface area contributed by atoms with Crippen LogP contribution < -0.4 is 10.1 Å². The predicted octanol–water partition coefficient (Wildman–Crippen LogP) is 2.73. The molecule has 1 aliphatic heterocycles. The van der Waals surface area contributed by atoms with Crippen molar-refractivity contribution in [2.45, 2.75) is 32.7 Å². The summed E-state index contributed by atoms with van der Waals surface area (Å²) in [7, 11) is 1.70. The molecule has 0 bridgehead atoms. The van der Waals surface area contributed by atoms with Gasteiger partial charge >= 0.3 is 0 Å². The van der Waals surface area contributed by atoms with Crippen molar-refractivity contribution in [2.75, 3.05) is 25.5 Å². The number of aromatic nitrogens is 2. The summed E-state index contributed by atoms with van der Waals surface area (Å²) in [6.07, 6.45) is 2.23. The summed E-state index contributed by atoms with van der Waals surface area (Å²) < 4.78 is 5.53. The van der Waals surface area contributed by atoms with E-state index in [9.17, 15) is 4.79 Å². The zero-order chi connectivity index (χ0) is 17.1. The van der Waals surface area contributed by atoms with Gasteiger partial charge in [0.1, 0.15) is 11.6 Å². The van der Waals surface area contributed by atoms with Gasteiger partial charge in [0, 0.05) is 30.0 Å². The van der Waals surface area contributed by atoms with Crippen molar-refractivity contribution in [2.24, 2.45) is 0 Å². The second kappa shape index (κ2) is 7.05. The van der Waals surface area contributed by atoms with Gasteiger partial charge in [-0.1, -0.05) is 26.0 Å². The molecule has 0 spiro atoms. The van der Waals surface area contributed by atoms with Crippen LogP contribution in [0.25, 0.3) is 0 Å². The number of H-pyrrole nitrogens is 1. The van der Waals surface area contributed by atoms with Crippen LogP contribution in [0.1, 0.15) is 42.9 Å². The lowest BCUT2D eigenvalue weighted by Gasteiger charge is -2.24. The summed E-state index contributed by atoms with van der Waals surface area (Å²) in [6.45, 7) is 7.12. The molecule has 1 amide bonds. The Morgan fingerprint density at radius 1 is 1.33 bits per heavy atom. The zero-order valence-corrected chi connectivity index (χ0v) is 14.4. The molecular formula is C18H24N4O2. The maximum Gasteiger partial charge on any atom is 0.226 e. The first-order valence-electron chi connectivity index (χ1n) is 8.38. The van der Waals surface area contributed by atoms with Crippen LogP contribution in [0.15, 0.2) is 24.4 Å². The minimum absolute atomic E-state index is 0.0119. The number of aromatic amines is 1. The summed E-state index contributed by atoms with van der Waals surface area (Å²) in [5, 5.41) is 9.77. The third kappa shape index (κ3) is 3.14. The lowest BCUT2D eigenvalue weighted by Crippen LogP contribution is -2.24. The maximum atomic E-state index is 12.0. The van der Waals surface area contributed by atoms with Crippen LogP contribution in [0.4, 0.5) is 5.82 Å². The van der Waals surface area contributed by atoms with Gasteiger partial charge in [-0.15, -0.1) is 0 Å². The molecule has 2 N–H and O–H groups in total. The van der Waals surface area contributed by atoms with Crippen molar-refractivity contribution < 1.29 is 9.53 Å². The van der Waals surface area contributed by atoms with Gasteiger partial charge in [0.2, 0.25) is 5.91 Å². The second-order valence-electron chi connectivity index (χ2n) is 6.04. The number of amides is 1. The minimum atomic E-state index is 0.0119. The van der Waals surface area contributed by atoms with Crippen LogP contribution >= 0.6 is 0 Å². The van der Waals surface area contributed by atoms with E-state index in [1.54, 1.807) is 13.3 Å². The van der Waals surface area contributed by atoms with Crippen LogP contribution in [0.2, 0.25) is 0 Å². The molecule has 1 aromatic heterocycles. The highest BCUT2D eigenvalue weighted by molar-refractivity contribution is 5.94. The lowest BCUT2D eigenvalue weighted by molar-refractivity contribution is -0.116. The van der Waals surface area contributed by atoms with Gasteiger partial charge in [-0.2, -0.15) is 5.10 Å². The average Bonchev–Trinajstić information content (AvgIpc) is 3.06. The fourth-order valence-electron chi connectivity index (χ4n) is 3.27. The average molecular weight is 328 g/mol. The molecule has 1 atom stereocenters. The fraction of sp³-hybridized carbons (Fsp3) is 0.444. The first-order valence-corrected chi connectivity index (χ1v) is 8.38. The van der Waals surface area contributed by atoms with Gasteiger partial charge < -0.3 is 10.1 Å². The third-order valence-corrected chi connectivity index (χ3v) is 4.69. The highest BCUT2D eigenvalue weighted by atomic mass is 16.5. The minimum Gasteiger partial charge on any atom is -0.496 e. The predicted molar refractivity (Wildman–Crippen MR) is 93.3 cm³/mol. The van der Waals surface area contributed by atoms with E-state index in [1.165, 1.54) is 0 Å². The van der Waals surface area contributed by atoms with Gasteiger partial charge in [-0.3, -0.25) is 14.8 Å². The number of carbonyl (C=O) groups excluding carboxylic acids is 1. The highest BCUT2D eigenvalue weighted by Crippen LogP contribution is 2.37. The Balaban J connectivity index is 1.96. The smallest absolute Gasteiger partial charge is 0.226 e. The second-order valence-corrected chi connectivity index (χ2v) is 6.04. The summed E-state index contributed by atoms with van der Waals surface area (Å²) in [5.74, 6) is 1.63. The van der Waals surface area contributed by atoms with E-state index in [0.717, 1.165) is 42.1 Å². The number of fused-ring (bicyclic) bond motifs is 1. The van der Waals surface area contributed by atoms with E-state index < -0.39 is 0 Å². The molecule has 1 aliphatic rings. The normalized spacial score (nSPS) is 16.8. The topological polar surface area (TPSA) is 70.2 Å². The van der Waals surface area contributed by atoms with Gasteiger partial charge in [0.25, 0.3) is 0 Å². The number of hydrogen-bond donors (Lipinski definition) is 2. The molecule has 1 aromatic carbocycles. The van der Waals surface area contributed by atoms with Crippen molar-refractivity contribution in [1.82, 2.24) is 15.1 Å². The van der Waals surface area contributed by atoms with E-state index in [-0.39, 0.29) is 11.8 Å². The number of hydrogen-bond acceptors (Lipinski definition) is 4. The number of carbonyl (C=O) groups is 1. The summed E-state index contributed by atoms with van der Waals surface area (Å²) in [6, 6.07) is 6.21. The molecule has 3 rings (SSSR count). The Hall–Kier alpha value is -2.34. The fourth-order valence-corrected chi connectivity index (χ4v) is 3.27. The molecule has 0 unspecified atom stereocenters. The third-order valence-electron chi connectivity index (χ3n) is 4.69. The zero-order valence-electron chi connectivity index (χ0n) is 14.4. The molecule has 128 valence electrons. The molecular weight excluding hydrogens is 304 g/mol. The van der Waals surface area contributed by atoms with Crippen molar-refractivity contribution in [3.63, 3.8) is 0 Å². The maximum absolute atomic E-state index is 12.0. The molecule has 0 saturated carbocycles. The first-order chi connectivity index (χ1) is 11.7. The number of ether oxygens (including phenoxy) is 1. The molecule has 6 heteroatoms. The standard InChI is InChI=1S/C18H24N4O2/c1-4-22(5-2)11-13-8-12(6-7-16(13)24-3)14-9-17(23)20-18-15(14)10-19-21-18/h6-8,10,14H,4-5,9,11H2,1-3H3,(H2,19,20,21,23)/t14-/m1/s1. The molecule has 2 heterocycles. The molecule has 24 heavy (non-hydrogen) atoms. The molecule has 6 nitrogen and oxygen atoms in total. The number of nitrogens with zero attached hydrogens (tertiary/aromatic N) is 2. The van der Waals surface area contributed by atoms with Crippen LogP contribution in [0.3, 0.4) is 0 Å². The number of rotatable bonds is 6. The highest BCUT2D eigenvalue weighted by Gasteiger charge is 2.28. The van der Waals surface area contributed by atoms with E-state index in [4.69, 9.17) is 4.74 Å². The summed E-state index contributed by atoms with van der Waals surface area (Å²) in [5.41, 5.74) is 3.30. The number of anilines is 1. The number of benzene rings is 1. The van der Waals surface area contributed by atoms with Crippen LogP contribution in [-0.2, 0) is 11.3 Å². The molecule has 2 aromatic rings. The number of nitrogens with one attached hydrogen (secondary N) is 2. The molecule has 0 aliphatic carbocycles. The molecule has 0 fully saturated rings. The largest absolute Gasteiger partial charge is 0.496 e. The van der Waals surface area contributed by atoms with Gasteiger partial charge in [-0.25, -0.2) is 0 Å². The van der Waals surface area contributed by atoms with Crippen LogP contribution in [-0.4, -0.2) is 41.2 Å². The van der Waals surface area contributed by atoms with Gasteiger partial charge in [0.05, 0.1) is 13.3 Å². The van der Waals surface area contributed by atoms with Crippen molar-refractivity contribution in [1.29, 1.82) is 0 Å². The monoisotopic (exact) mass is 328 g/mol. The number of methoxy groups -OCH3 is 1. The van der Waals surface area contributed by atoms with Gasteiger partial charge in [-0.05, 0) is 24.7 Å². The molecule has 0 saturated heterocycles. The summed E-state index contributed by atoms with van der Waals surface area (Å²) in [4.78, 5) is 14.3. The Labute approximate surface area is 142 Å².